The maximum Gasteiger partial charge on any atom is 0.330 e. The molecule has 5 rings (SSSR count). The number of hydrogen-bond acceptors (Lipinski definition) is 8. The number of ether oxygens (including phenoxy) is 2. The van der Waals surface area contributed by atoms with Crippen LogP contribution in [0, 0.1) is 5.92 Å². The van der Waals surface area contributed by atoms with Gasteiger partial charge in [-0.15, -0.1) is 0 Å². The van der Waals surface area contributed by atoms with Gasteiger partial charge in [0.2, 0.25) is 5.91 Å². The first kappa shape index (κ1) is 25.2. The van der Waals surface area contributed by atoms with Crippen LogP contribution in [0.5, 0.6) is 5.75 Å². The summed E-state index contributed by atoms with van der Waals surface area (Å²) in [7, 11) is 3.43. The minimum absolute atomic E-state index is 0.00469. The number of nitrogens with zero attached hydrogens (tertiary/aromatic N) is 4. The molecule has 3 aromatic heterocycles. The molecule has 2 N–H and O–H groups in total. The molecule has 196 valence electrons. The number of para-hydroxylation sites is 1. The highest BCUT2D eigenvalue weighted by atomic mass is 16.5. The van der Waals surface area contributed by atoms with E-state index in [-0.39, 0.29) is 17.8 Å². The number of methoxy groups -OCH3 is 1. The number of carbonyl (C=O) groups is 2. The molecule has 10 nitrogen and oxygen atoms in total. The van der Waals surface area contributed by atoms with Crippen LogP contribution in [-0.4, -0.2) is 52.4 Å². The smallest absolute Gasteiger partial charge is 0.330 e. The van der Waals surface area contributed by atoms with Gasteiger partial charge >= 0.3 is 5.97 Å². The highest BCUT2D eigenvalue weighted by molar-refractivity contribution is 6.05. The fourth-order valence-corrected chi connectivity index (χ4v) is 4.45. The molecule has 1 saturated carbocycles. The van der Waals surface area contributed by atoms with Crippen molar-refractivity contribution in [3.8, 4) is 28.0 Å². The van der Waals surface area contributed by atoms with Crippen LogP contribution in [0.25, 0.3) is 33.0 Å². The number of fused-ring (bicyclic) bond motifs is 1. The second kappa shape index (κ2) is 10.5. The van der Waals surface area contributed by atoms with Crippen molar-refractivity contribution in [1.82, 2.24) is 19.7 Å². The molecule has 1 atom stereocenters. The maximum atomic E-state index is 12.4. The predicted molar refractivity (Wildman–Crippen MR) is 145 cm³/mol. The van der Waals surface area contributed by atoms with Crippen LogP contribution < -0.4 is 15.4 Å². The van der Waals surface area contributed by atoms with E-state index in [0.29, 0.717) is 24.0 Å². The van der Waals surface area contributed by atoms with Gasteiger partial charge in [-0.2, -0.15) is 5.10 Å². The van der Waals surface area contributed by atoms with Gasteiger partial charge in [0.15, 0.2) is 0 Å². The number of anilines is 2. The maximum absolute atomic E-state index is 12.4. The lowest BCUT2D eigenvalue weighted by Crippen LogP contribution is -2.19. The average molecular weight is 515 g/mol. The van der Waals surface area contributed by atoms with Crippen LogP contribution in [0.2, 0.25) is 0 Å². The van der Waals surface area contributed by atoms with Crippen molar-refractivity contribution < 1.29 is 19.1 Å². The van der Waals surface area contributed by atoms with Crippen LogP contribution in [0.3, 0.4) is 0 Å². The van der Waals surface area contributed by atoms with Gasteiger partial charge in [0, 0.05) is 64.6 Å². The van der Waals surface area contributed by atoms with E-state index in [9.17, 15) is 9.59 Å². The summed E-state index contributed by atoms with van der Waals surface area (Å²) in [4.78, 5) is 33.7. The molecular formula is C28H30N6O4. The standard InChI is InChI=1S/C28H30N6O4/c1-5-38-28(36)16(2)34-15-18(12-32-34)19-7-6-8-20(25(19)37-4)22-13-31-26(29-3)23-14-30-24(11-21(22)23)33-27(35)17-9-10-17/h6-8,11-17H,5,9-10H2,1-4H3,(H,29,31)(H,30,33,35). The molecule has 1 aliphatic rings. The molecule has 0 bridgehead atoms. The molecule has 4 aromatic rings. The molecule has 1 amide bonds. The molecule has 38 heavy (non-hydrogen) atoms. The minimum Gasteiger partial charge on any atom is -0.495 e. The summed E-state index contributed by atoms with van der Waals surface area (Å²) in [6.45, 7) is 3.83. The molecule has 0 spiro atoms. The molecular weight excluding hydrogens is 484 g/mol. The van der Waals surface area contributed by atoms with Crippen molar-refractivity contribution in [2.75, 3.05) is 31.4 Å². The molecule has 3 heterocycles. The zero-order valence-corrected chi connectivity index (χ0v) is 21.8. The summed E-state index contributed by atoms with van der Waals surface area (Å²) in [5.41, 5.74) is 3.26. The van der Waals surface area contributed by atoms with Crippen LogP contribution in [-0.2, 0) is 14.3 Å². The van der Waals surface area contributed by atoms with Gasteiger partial charge < -0.3 is 20.1 Å². The second-order valence-electron chi connectivity index (χ2n) is 9.17. The Hall–Kier alpha value is -4.47. The van der Waals surface area contributed by atoms with Gasteiger partial charge in [0.05, 0.1) is 19.9 Å². The SMILES string of the molecule is CCOC(=O)C(C)n1cc(-c2cccc(-c3cnc(NC)c4cnc(NC(=O)C5CC5)cc34)c2OC)cn1. The number of amides is 1. The van der Waals surface area contributed by atoms with E-state index >= 15 is 0 Å². The average Bonchev–Trinajstić information content (AvgIpc) is 3.68. The van der Waals surface area contributed by atoms with Gasteiger partial charge in [-0.05, 0) is 32.8 Å². The summed E-state index contributed by atoms with van der Waals surface area (Å²) in [6, 6.07) is 7.16. The molecule has 1 unspecified atom stereocenters. The van der Waals surface area contributed by atoms with Crippen LogP contribution in [0.4, 0.5) is 11.6 Å². The lowest BCUT2D eigenvalue weighted by molar-refractivity contribution is -0.146. The molecule has 0 aliphatic heterocycles. The lowest BCUT2D eigenvalue weighted by Gasteiger charge is -2.16. The number of pyridine rings is 2. The van der Waals surface area contributed by atoms with E-state index in [1.165, 1.54) is 0 Å². The monoisotopic (exact) mass is 514 g/mol. The Kier molecular flexibility index (Phi) is 6.95. The third-order valence-corrected chi connectivity index (χ3v) is 6.65. The van der Waals surface area contributed by atoms with Crippen LogP contribution in [0.1, 0.15) is 32.7 Å². The molecule has 0 saturated heterocycles. The Morgan fingerprint density at radius 1 is 1.11 bits per heavy atom. The van der Waals surface area contributed by atoms with E-state index in [4.69, 9.17) is 9.47 Å². The summed E-state index contributed by atoms with van der Waals surface area (Å²) >= 11 is 0. The van der Waals surface area contributed by atoms with E-state index in [1.54, 1.807) is 57.5 Å². The number of hydrogen-bond donors (Lipinski definition) is 2. The van der Waals surface area contributed by atoms with Crippen LogP contribution in [0.15, 0.2) is 49.1 Å². The number of esters is 1. The van der Waals surface area contributed by atoms with Gasteiger partial charge in [-0.1, -0.05) is 18.2 Å². The zero-order valence-electron chi connectivity index (χ0n) is 21.8. The number of carbonyl (C=O) groups excluding carboxylic acids is 2. The Balaban J connectivity index is 1.59. The third kappa shape index (κ3) is 4.77. The molecule has 1 fully saturated rings. The predicted octanol–water partition coefficient (Wildman–Crippen LogP) is 4.68. The van der Waals surface area contributed by atoms with Gasteiger partial charge in [0.1, 0.15) is 23.4 Å². The normalized spacial score (nSPS) is 13.7. The second-order valence-corrected chi connectivity index (χ2v) is 9.17. The molecule has 0 radical (unpaired) electrons. The third-order valence-electron chi connectivity index (χ3n) is 6.65. The van der Waals surface area contributed by atoms with Crippen LogP contribution >= 0.6 is 0 Å². The molecule has 10 heteroatoms. The largest absolute Gasteiger partial charge is 0.495 e. The first-order valence-electron chi connectivity index (χ1n) is 12.6. The van der Waals surface area contributed by atoms with Crippen molar-refractivity contribution in [2.24, 2.45) is 5.92 Å². The highest BCUT2D eigenvalue weighted by Gasteiger charge is 2.30. The van der Waals surface area contributed by atoms with Crippen molar-refractivity contribution in [2.45, 2.75) is 32.7 Å². The first-order chi connectivity index (χ1) is 18.4. The van der Waals surface area contributed by atoms with E-state index in [1.807, 2.05) is 24.3 Å². The quantitative estimate of drug-likeness (QED) is 0.309. The number of aromatic nitrogens is 4. The van der Waals surface area contributed by atoms with E-state index in [2.05, 4.69) is 25.7 Å². The summed E-state index contributed by atoms with van der Waals surface area (Å²) in [5, 5.41) is 12.1. The van der Waals surface area contributed by atoms with Gasteiger partial charge in [-0.3, -0.25) is 9.48 Å². The summed E-state index contributed by atoms with van der Waals surface area (Å²) in [6.07, 6.45) is 8.84. The lowest BCUT2D eigenvalue weighted by atomic mass is 9.96. The van der Waals surface area contributed by atoms with Crippen molar-refractivity contribution >= 4 is 34.3 Å². The van der Waals surface area contributed by atoms with Gasteiger partial charge in [0.25, 0.3) is 0 Å². The fourth-order valence-electron chi connectivity index (χ4n) is 4.45. The van der Waals surface area contributed by atoms with Crippen molar-refractivity contribution in [3.63, 3.8) is 0 Å². The van der Waals surface area contributed by atoms with Crippen molar-refractivity contribution in [1.29, 1.82) is 0 Å². The Morgan fingerprint density at radius 2 is 1.89 bits per heavy atom. The van der Waals surface area contributed by atoms with E-state index < -0.39 is 6.04 Å². The topological polar surface area (TPSA) is 120 Å². The van der Waals surface area contributed by atoms with Gasteiger partial charge in [-0.25, -0.2) is 14.8 Å². The molecule has 1 aromatic carbocycles. The summed E-state index contributed by atoms with van der Waals surface area (Å²) < 4.78 is 12.6. The number of benzene rings is 1. The molecule has 1 aliphatic carbocycles. The number of rotatable bonds is 9. The Morgan fingerprint density at radius 3 is 2.61 bits per heavy atom. The summed E-state index contributed by atoms with van der Waals surface area (Å²) in [5.74, 6) is 1.53. The first-order valence-corrected chi connectivity index (χ1v) is 12.6. The van der Waals surface area contributed by atoms with Crippen molar-refractivity contribution in [3.05, 3.63) is 49.1 Å². The van der Waals surface area contributed by atoms with E-state index in [0.717, 1.165) is 45.9 Å². The number of nitrogens with one attached hydrogen (secondary N) is 2. The zero-order chi connectivity index (χ0) is 26.8. The minimum atomic E-state index is -0.558. The fraction of sp³-hybridized carbons (Fsp3) is 0.321. The highest BCUT2D eigenvalue weighted by Crippen LogP contribution is 2.42. The Bertz CT molecular complexity index is 1510. The Labute approximate surface area is 220 Å².